The molecule has 0 bridgehead atoms. The van der Waals surface area contributed by atoms with E-state index in [1.165, 1.54) is 0 Å². The number of benzene rings is 3. The summed E-state index contributed by atoms with van der Waals surface area (Å²) in [6.45, 7) is 2.97. The molecule has 0 radical (unpaired) electrons. The fourth-order valence-corrected chi connectivity index (χ4v) is 6.25. The molecule has 0 amide bonds. The van der Waals surface area contributed by atoms with Crippen molar-refractivity contribution in [1.82, 2.24) is 0 Å². The molecule has 0 spiro atoms. The molecule has 6 nitrogen and oxygen atoms in total. The molecule has 0 aromatic heterocycles. The lowest BCUT2D eigenvalue weighted by molar-refractivity contribution is -0.284. The van der Waals surface area contributed by atoms with Crippen molar-refractivity contribution in [3.05, 3.63) is 83.4 Å². The molecule has 1 aliphatic heterocycles. The molecule has 4 rings (SSSR count). The van der Waals surface area contributed by atoms with Gasteiger partial charge in [-0.1, -0.05) is 62.9 Å². The van der Waals surface area contributed by atoms with Crippen LogP contribution >= 0.6 is 0 Å². The number of carboxylic acids is 1. The van der Waals surface area contributed by atoms with Gasteiger partial charge in [-0.3, -0.25) is 4.79 Å². The quantitative estimate of drug-likeness (QED) is 0.104. The van der Waals surface area contributed by atoms with Gasteiger partial charge >= 0.3 is 18.1 Å². The number of ether oxygens (including phenoxy) is 2. The summed E-state index contributed by atoms with van der Waals surface area (Å²) in [5, 5.41) is 29.2. The lowest BCUT2D eigenvalue weighted by Gasteiger charge is -2.43. The summed E-state index contributed by atoms with van der Waals surface area (Å²) < 4.78 is 75.2. The first kappa shape index (κ1) is 35.8. The molecule has 3 atom stereocenters. The number of unbranched alkanes of at least 4 members (excludes halogenated alkanes) is 4. The van der Waals surface area contributed by atoms with Crippen molar-refractivity contribution < 1.29 is 51.5 Å². The van der Waals surface area contributed by atoms with Gasteiger partial charge in [-0.2, -0.15) is 22.0 Å². The number of rotatable bonds is 16. The molecule has 0 fully saturated rings. The van der Waals surface area contributed by atoms with Crippen LogP contribution in [0.4, 0.5) is 22.0 Å². The van der Waals surface area contributed by atoms with E-state index in [9.17, 15) is 42.1 Å². The molecule has 0 saturated heterocycles. The highest BCUT2D eigenvalue weighted by atomic mass is 19.4. The number of halogens is 5. The third kappa shape index (κ3) is 9.08. The Kier molecular flexibility index (Phi) is 11.6. The molecule has 47 heavy (non-hydrogen) atoms. The van der Waals surface area contributed by atoms with E-state index < -0.39 is 42.2 Å². The maximum Gasteiger partial charge on any atom is 0.453 e. The first-order valence-electron chi connectivity index (χ1n) is 15.9. The van der Waals surface area contributed by atoms with Crippen LogP contribution < -0.4 is 9.47 Å². The van der Waals surface area contributed by atoms with Crippen molar-refractivity contribution in [2.24, 2.45) is 5.92 Å². The minimum Gasteiger partial charge on any atom is -0.508 e. The van der Waals surface area contributed by atoms with Gasteiger partial charge in [0.2, 0.25) is 0 Å². The molecule has 0 saturated carbocycles. The zero-order valence-electron chi connectivity index (χ0n) is 26.2. The molecule has 3 unspecified atom stereocenters. The van der Waals surface area contributed by atoms with Crippen LogP contribution in [-0.2, 0) is 10.2 Å². The van der Waals surface area contributed by atoms with Crippen LogP contribution in [0.25, 0.3) is 0 Å². The van der Waals surface area contributed by atoms with E-state index in [-0.39, 0.29) is 30.3 Å². The predicted molar refractivity (Wildman–Crippen MR) is 167 cm³/mol. The number of hydrogen-bond donors (Lipinski definition) is 3. The van der Waals surface area contributed by atoms with Gasteiger partial charge in [-0.15, -0.1) is 0 Å². The second-order valence-corrected chi connectivity index (χ2v) is 12.5. The van der Waals surface area contributed by atoms with E-state index in [0.29, 0.717) is 31.1 Å². The standard InChI is InChI=1S/C36H41F5O6/c1-34(26-12-14-27(42)15-13-26)23-47-31-22-28(43)16-19-30(31)32(34)24-10-17-29(18-11-24)46-21-6-4-2-3-5-8-25(33(44)45)9-7-20-35(37,38)36(39,40)41/h10-19,22,25,32,42-43H,2-9,20-21,23H2,1H3,(H,44,45). The van der Waals surface area contributed by atoms with Gasteiger partial charge in [0.25, 0.3) is 0 Å². The second kappa shape index (κ2) is 15.3. The minimum atomic E-state index is -5.62. The zero-order valence-corrected chi connectivity index (χ0v) is 26.2. The highest BCUT2D eigenvalue weighted by Gasteiger charge is 2.56. The first-order chi connectivity index (χ1) is 22.2. The number of alkyl halides is 5. The maximum absolute atomic E-state index is 13.1. The predicted octanol–water partition coefficient (Wildman–Crippen LogP) is 9.37. The Balaban J connectivity index is 1.24. The highest BCUT2D eigenvalue weighted by Crippen LogP contribution is 2.51. The molecular formula is C36H41F5O6. The number of hydrogen-bond acceptors (Lipinski definition) is 5. The molecule has 3 N–H and O–H groups in total. The number of phenolic OH excluding ortho intramolecular Hbond substituents is 2. The second-order valence-electron chi connectivity index (χ2n) is 12.5. The van der Waals surface area contributed by atoms with Crippen LogP contribution in [0.3, 0.4) is 0 Å². The lowest BCUT2D eigenvalue weighted by Crippen LogP contribution is -2.40. The van der Waals surface area contributed by atoms with Crippen molar-refractivity contribution in [3.8, 4) is 23.0 Å². The Morgan fingerprint density at radius 2 is 1.49 bits per heavy atom. The fourth-order valence-electron chi connectivity index (χ4n) is 6.25. The van der Waals surface area contributed by atoms with E-state index >= 15 is 0 Å². The van der Waals surface area contributed by atoms with Crippen LogP contribution in [0.2, 0.25) is 0 Å². The maximum atomic E-state index is 13.1. The smallest absolute Gasteiger partial charge is 0.453 e. The monoisotopic (exact) mass is 664 g/mol. The average molecular weight is 665 g/mol. The van der Waals surface area contributed by atoms with Crippen LogP contribution in [0.15, 0.2) is 66.7 Å². The van der Waals surface area contributed by atoms with E-state index in [1.54, 1.807) is 24.3 Å². The van der Waals surface area contributed by atoms with Gasteiger partial charge in [0.05, 0.1) is 19.1 Å². The number of fused-ring (bicyclic) bond motifs is 1. The summed E-state index contributed by atoms with van der Waals surface area (Å²) in [7, 11) is 0. The van der Waals surface area contributed by atoms with Gasteiger partial charge in [-0.25, -0.2) is 0 Å². The van der Waals surface area contributed by atoms with Gasteiger partial charge in [0.15, 0.2) is 0 Å². The third-order valence-electron chi connectivity index (χ3n) is 8.99. The Labute approximate surface area is 271 Å². The number of aromatic hydroxyl groups is 2. The van der Waals surface area contributed by atoms with Crippen LogP contribution in [0.5, 0.6) is 23.0 Å². The van der Waals surface area contributed by atoms with Crippen LogP contribution in [-0.4, -0.2) is 46.6 Å². The average Bonchev–Trinajstić information content (AvgIpc) is 3.01. The summed E-state index contributed by atoms with van der Waals surface area (Å²) >= 11 is 0. The number of aliphatic carboxylic acids is 1. The highest BCUT2D eigenvalue weighted by molar-refractivity contribution is 5.69. The molecule has 3 aromatic rings. The van der Waals surface area contributed by atoms with Crippen molar-refractivity contribution in [2.45, 2.75) is 88.1 Å². The lowest BCUT2D eigenvalue weighted by atomic mass is 9.65. The van der Waals surface area contributed by atoms with Gasteiger partial charge in [0.1, 0.15) is 23.0 Å². The summed E-state index contributed by atoms with van der Waals surface area (Å²) in [5.41, 5.74) is 2.52. The van der Waals surface area contributed by atoms with E-state index in [4.69, 9.17) is 9.47 Å². The van der Waals surface area contributed by atoms with Crippen molar-refractivity contribution in [1.29, 1.82) is 0 Å². The molecule has 0 aliphatic carbocycles. The zero-order chi connectivity index (χ0) is 34.2. The largest absolute Gasteiger partial charge is 0.508 e. The number of phenols is 2. The van der Waals surface area contributed by atoms with Crippen LogP contribution in [0.1, 0.15) is 87.3 Å². The molecule has 11 heteroatoms. The minimum absolute atomic E-state index is 0.105. The summed E-state index contributed by atoms with van der Waals surface area (Å²) in [6.07, 6.45) is -3.82. The first-order valence-corrected chi connectivity index (χ1v) is 15.9. The van der Waals surface area contributed by atoms with Crippen molar-refractivity contribution >= 4 is 5.97 Å². The Hall–Kier alpha value is -4.02. The van der Waals surface area contributed by atoms with Crippen LogP contribution in [0, 0.1) is 5.92 Å². The topological polar surface area (TPSA) is 96.2 Å². The Morgan fingerprint density at radius 1 is 0.872 bits per heavy atom. The third-order valence-corrected chi connectivity index (χ3v) is 8.99. The molecule has 1 heterocycles. The Bertz CT molecular complexity index is 1460. The molecule has 3 aromatic carbocycles. The van der Waals surface area contributed by atoms with Crippen molar-refractivity contribution in [2.75, 3.05) is 13.2 Å². The van der Waals surface area contributed by atoms with Gasteiger partial charge < -0.3 is 24.8 Å². The summed E-state index contributed by atoms with van der Waals surface area (Å²) in [4.78, 5) is 11.4. The molecule has 256 valence electrons. The SMILES string of the molecule is CC1(c2ccc(O)cc2)COc2cc(O)ccc2C1c1ccc(OCCCCCCCC(CCCC(F)(F)C(F)(F)F)C(=O)O)cc1. The summed E-state index contributed by atoms with van der Waals surface area (Å²) in [6, 6.07) is 20.1. The number of carbonyl (C=O) groups is 1. The van der Waals surface area contributed by atoms with Gasteiger partial charge in [0, 0.05) is 29.4 Å². The van der Waals surface area contributed by atoms with Gasteiger partial charge in [-0.05, 0) is 67.1 Å². The normalized spacial score (nSPS) is 18.6. The van der Waals surface area contributed by atoms with Crippen molar-refractivity contribution in [3.63, 3.8) is 0 Å². The Morgan fingerprint density at radius 3 is 2.15 bits per heavy atom. The van der Waals surface area contributed by atoms with E-state index in [0.717, 1.165) is 42.4 Å². The number of carboxylic acid groups (broad SMARTS) is 1. The summed E-state index contributed by atoms with van der Waals surface area (Å²) in [5.74, 6) is -5.40. The molecule has 1 aliphatic rings. The molecular weight excluding hydrogens is 623 g/mol. The van der Waals surface area contributed by atoms with E-state index in [2.05, 4.69) is 6.92 Å². The van der Waals surface area contributed by atoms with E-state index in [1.807, 2.05) is 42.5 Å². The fraction of sp³-hybridized carbons (Fsp3) is 0.472.